The molecule has 1 aromatic heterocycles. The largest absolute Gasteiger partial charge is 0.496 e. The molecule has 2 N–H and O–H groups in total. The molecular formula is C16H28N4O. The van der Waals surface area contributed by atoms with Crippen LogP contribution >= 0.6 is 0 Å². The van der Waals surface area contributed by atoms with E-state index in [9.17, 15) is 0 Å². The predicted molar refractivity (Wildman–Crippen MR) is 85.9 cm³/mol. The Hall–Kier alpha value is -1.17. The van der Waals surface area contributed by atoms with Crippen molar-refractivity contribution in [2.45, 2.75) is 32.4 Å². The second-order valence-electron chi connectivity index (χ2n) is 6.22. The first-order valence-corrected chi connectivity index (χ1v) is 7.57. The summed E-state index contributed by atoms with van der Waals surface area (Å²) in [5.41, 5.74) is 9.71. The standard InChI is InChI=1S/C16H28N4O/c1-11-9-18-14(12(2)16(11)21-5)8-13(17)15-10-19(3)6-7-20(15)4/h9,13,15H,6-8,10,17H2,1-5H3. The number of nitrogens with two attached hydrogens (primary N) is 1. The fourth-order valence-electron chi connectivity index (χ4n) is 3.14. The maximum atomic E-state index is 6.48. The highest BCUT2D eigenvalue weighted by atomic mass is 16.5. The molecular weight excluding hydrogens is 264 g/mol. The van der Waals surface area contributed by atoms with Gasteiger partial charge in [-0.3, -0.25) is 9.88 Å². The lowest BCUT2D eigenvalue weighted by Crippen LogP contribution is -2.58. The van der Waals surface area contributed by atoms with Gasteiger partial charge in [-0.25, -0.2) is 0 Å². The van der Waals surface area contributed by atoms with Crippen LogP contribution in [-0.4, -0.2) is 67.7 Å². The Morgan fingerprint density at radius 1 is 1.38 bits per heavy atom. The summed E-state index contributed by atoms with van der Waals surface area (Å²) >= 11 is 0. The van der Waals surface area contributed by atoms with Gasteiger partial charge in [0.15, 0.2) is 0 Å². The second kappa shape index (κ2) is 6.73. The van der Waals surface area contributed by atoms with E-state index in [1.807, 2.05) is 13.1 Å². The van der Waals surface area contributed by atoms with E-state index in [4.69, 9.17) is 10.5 Å². The quantitative estimate of drug-likeness (QED) is 0.890. The third kappa shape index (κ3) is 3.54. The molecule has 5 nitrogen and oxygen atoms in total. The molecule has 1 aliphatic rings. The predicted octanol–water partition coefficient (Wildman–Crippen LogP) is 0.823. The fourth-order valence-corrected chi connectivity index (χ4v) is 3.14. The van der Waals surface area contributed by atoms with Crippen molar-refractivity contribution in [3.63, 3.8) is 0 Å². The number of likely N-dealkylation sites (N-methyl/N-ethyl adjacent to an activating group) is 2. The van der Waals surface area contributed by atoms with Crippen LogP contribution in [-0.2, 0) is 6.42 Å². The molecule has 0 saturated carbocycles. The number of ether oxygens (including phenoxy) is 1. The molecule has 0 spiro atoms. The number of pyridine rings is 1. The average Bonchev–Trinajstić information content (AvgIpc) is 2.45. The van der Waals surface area contributed by atoms with E-state index in [1.165, 1.54) is 0 Å². The van der Waals surface area contributed by atoms with Gasteiger partial charge in [0.2, 0.25) is 0 Å². The van der Waals surface area contributed by atoms with Gasteiger partial charge in [-0.2, -0.15) is 0 Å². The molecule has 21 heavy (non-hydrogen) atoms. The molecule has 2 atom stereocenters. The Bertz CT molecular complexity index is 491. The third-order valence-corrected chi connectivity index (χ3v) is 4.57. The van der Waals surface area contributed by atoms with Crippen LogP contribution in [0, 0.1) is 13.8 Å². The van der Waals surface area contributed by atoms with Crippen molar-refractivity contribution in [3.05, 3.63) is 23.0 Å². The maximum Gasteiger partial charge on any atom is 0.128 e. The van der Waals surface area contributed by atoms with Crippen LogP contribution in [0.5, 0.6) is 5.75 Å². The van der Waals surface area contributed by atoms with Crippen molar-refractivity contribution in [3.8, 4) is 5.75 Å². The molecule has 2 heterocycles. The Kier molecular flexibility index (Phi) is 5.19. The number of piperazine rings is 1. The Labute approximate surface area is 128 Å². The van der Waals surface area contributed by atoms with Gasteiger partial charge < -0.3 is 15.4 Å². The Balaban J connectivity index is 2.14. The normalized spacial score (nSPS) is 22.3. The molecule has 2 unspecified atom stereocenters. The van der Waals surface area contributed by atoms with E-state index >= 15 is 0 Å². The molecule has 0 aromatic carbocycles. The van der Waals surface area contributed by atoms with Gasteiger partial charge in [-0.05, 0) is 27.9 Å². The molecule has 0 bridgehead atoms. The van der Waals surface area contributed by atoms with Gasteiger partial charge in [0.1, 0.15) is 5.75 Å². The summed E-state index contributed by atoms with van der Waals surface area (Å²) in [5, 5.41) is 0. The zero-order valence-electron chi connectivity index (χ0n) is 13.9. The van der Waals surface area contributed by atoms with Crippen LogP contribution < -0.4 is 10.5 Å². The number of methoxy groups -OCH3 is 1. The van der Waals surface area contributed by atoms with Gasteiger partial charge in [-0.15, -0.1) is 0 Å². The van der Waals surface area contributed by atoms with Gasteiger partial charge >= 0.3 is 0 Å². The van der Waals surface area contributed by atoms with Gasteiger partial charge in [0.05, 0.1) is 7.11 Å². The lowest BCUT2D eigenvalue weighted by atomic mass is 9.97. The van der Waals surface area contributed by atoms with Gasteiger partial charge in [0, 0.05) is 61.2 Å². The van der Waals surface area contributed by atoms with Crippen LogP contribution in [0.15, 0.2) is 6.20 Å². The minimum Gasteiger partial charge on any atom is -0.496 e. The number of hydrogen-bond donors (Lipinski definition) is 1. The Morgan fingerprint density at radius 3 is 2.76 bits per heavy atom. The van der Waals surface area contributed by atoms with E-state index in [2.05, 4.69) is 35.8 Å². The number of rotatable bonds is 4. The zero-order chi connectivity index (χ0) is 15.6. The fraction of sp³-hybridized carbons (Fsp3) is 0.688. The van der Waals surface area contributed by atoms with Crippen LogP contribution in [0.25, 0.3) is 0 Å². The number of aromatic nitrogens is 1. The summed E-state index contributed by atoms with van der Waals surface area (Å²) < 4.78 is 5.48. The van der Waals surface area contributed by atoms with Crippen molar-refractivity contribution in [2.75, 3.05) is 40.8 Å². The van der Waals surface area contributed by atoms with Crippen molar-refractivity contribution < 1.29 is 4.74 Å². The van der Waals surface area contributed by atoms with Crippen LogP contribution in [0.1, 0.15) is 16.8 Å². The van der Waals surface area contributed by atoms with Crippen LogP contribution in [0.3, 0.4) is 0 Å². The van der Waals surface area contributed by atoms with Gasteiger partial charge in [-0.1, -0.05) is 0 Å². The monoisotopic (exact) mass is 292 g/mol. The average molecular weight is 292 g/mol. The summed E-state index contributed by atoms with van der Waals surface area (Å²) in [7, 11) is 6.03. The van der Waals surface area contributed by atoms with E-state index in [0.29, 0.717) is 6.04 Å². The molecule has 1 saturated heterocycles. The molecule has 118 valence electrons. The first-order valence-electron chi connectivity index (χ1n) is 7.57. The molecule has 0 aliphatic carbocycles. The Morgan fingerprint density at radius 2 is 2.10 bits per heavy atom. The van der Waals surface area contributed by atoms with Crippen LogP contribution in [0.2, 0.25) is 0 Å². The summed E-state index contributed by atoms with van der Waals surface area (Å²) in [5.74, 6) is 0.932. The molecule has 0 amide bonds. The number of hydrogen-bond acceptors (Lipinski definition) is 5. The van der Waals surface area contributed by atoms with E-state index in [-0.39, 0.29) is 6.04 Å². The van der Waals surface area contributed by atoms with Crippen molar-refractivity contribution in [1.82, 2.24) is 14.8 Å². The number of aryl methyl sites for hydroxylation is 1. The smallest absolute Gasteiger partial charge is 0.128 e. The highest BCUT2D eigenvalue weighted by molar-refractivity contribution is 5.41. The number of nitrogens with zero attached hydrogens (tertiary/aromatic N) is 3. The van der Waals surface area contributed by atoms with E-state index in [0.717, 1.165) is 48.6 Å². The highest BCUT2D eigenvalue weighted by Crippen LogP contribution is 2.25. The highest BCUT2D eigenvalue weighted by Gasteiger charge is 2.28. The summed E-state index contributed by atoms with van der Waals surface area (Å²) in [4.78, 5) is 9.29. The third-order valence-electron chi connectivity index (χ3n) is 4.57. The lowest BCUT2D eigenvalue weighted by molar-refractivity contribution is 0.0971. The minimum absolute atomic E-state index is 0.0800. The summed E-state index contributed by atoms with van der Waals surface area (Å²) in [6.07, 6.45) is 2.66. The molecule has 5 heteroatoms. The molecule has 1 aliphatic heterocycles. The van der Waals surface area contributed by atoms with Crippen LogP contribution in [0.4, 0.5) is 0 Å². The first-order chi connectivity index (χ1) is 9.93. The van der Waals surface area contributed by atoms with E-state index in [1.54, 1.807) is 7.11 Å². The summed E-state index contributed by atoms with van der Waals surface area (Å²) in [6, 6.07) is 0.452. The van der Waals surface area contributed by atoms with Gasteiger partial charge in [0.25, 0.3) is 0 Å². The SMILES string of the molecule is COc1c(C)cnc(CC(N)C2CN(C)CCN2C)c1C. The van der Waals surface area contributed by atoms with Crippen molar-refractivity contribution in [1.29, 1.82) is 0 Å². The maximum absolute atomic E-state index is 6.48. The molecule has 0 radical (unpaired) electrons. The van der Waals surface area contributed by atoms with E-state index < -0.39 is 0 Å². The summed E-state index contributed by atoms with van der Waals surface area (Å²) in [6.45, 7) is 7.28. The molecule has 1 aromatic rings. The second-order valence-corrected chi connectivity index (χ2v) is 6.22. The lowest BCUT2D eigenvalue weighted by Gasteiger charge is -2.40. The molecule has 1 fully saturated rings. The van der Waals surface area contributed by atoms with Crippen molar-refractivity contribution >= 4 is 0 Å². The molecule has 2 rings (SSSR count). The first kappa shape index (κ1) is 16.2. The topological polar surface area (TPSA) is 54.6 Å². The van der Waals surface area contributed by atoms with Crippen molar-refractivity contribution in [2.24, 2.45) is 5.73 Å². The minimum atomic E-state index is 0.0800. The zero-order valence-corrected chi connectivity index (χ0v) is 13.9.